The summed E-state index contributed by atoms with van der Waals surface area (Å²) < 4.78 is 11.5. The molecule has 1 aromatic heterocycles. The number of nitrogens with zero attached hydrogens (tertiary/aromatic N) is 1. The lowest BCUT2D eigenvalue weighted by molar-refractivity contribution is 0.0734. The van der Waals surface area contributed by atoms with E-state index in [1.807, 2.05) is 6.07 Å². The fraction of sp³-hybridized carbons (Fsp3) is 0.0333. The van der Waals surface area contributed by atoms with Crippen molar-refractivity contribution in [3.63, 3.8) is 0 Å². The van der Waals surface area contributed by atoms with Crippen LogP contribution in [0, 0.1) is 0 Å². The third-order valence-electron chi connectivity index (χ3n) is 6.05. The van der Waals surface area contributed by atoms with Crippen molar-refractivity contribution in [1.82, 2.24) is 10.4 Å². The molecule has 0 aliphatic rings. The van der Waals surface area contributed by atoms with E-state index in [1.54, 1.807) is 79.9 Å². The maximum atomic E-state index is 13.4. The highest BCUT2D eigenvalue weighted by molar-refractivity contribution is 9.10. The number of nitrogens with one attached hydrogen (secondary N) is 2. The van der Waals surface area contributed by atoms with Crippen LogP contribution >= 0.6 is 50.7 Å². The lowest BCUT2D eigenvalue weighted by atomic mass is 10.0. The molecule has 0 bridgehead atoms. The lowest BCUT2D eigenvalue weighted by Crippen LogP contribution is -2.19. The fourth-order valence-electron chi connectivity index (χ4n) is 4.17. The largest absolute Gasteiger partial charge is 0.497 e. The zero-order chi connectivity index (χ0) is 29.1. The lowest BCUT2D eigenvalue weighted by Gasteiger charge is -2.09. The molecule has 0 saturated carbocycles. The van der Waals surface area contributed by atoms with E-state index in [0.717, 1.165) is 4.47 Å². The Morgan fingerprint density at radius 3 is 2.44 bits per heavy atom. The van der Waals surface area contributed by atoms with Gasteiger partial charge in [0.15, 0.2) is 0 Å². The minimum atomic E-state index is -0.563. The van der Waals surface area contributed by atoms with Crippen LogP contribution in [-0.4, -0.2) is 30.2 Å². The molecule has 0 radical (unpaired) electrons. The Morgan fingerprint density at radius 1 is 0.951 bits per heavy atom. The first kappa shape index (κ1) is 28.7. The Balaban J connectivity index is 1.43. The van der Waals surface area contributed by atoms with E-state index in [0.29, 0.717) is 54.0 Å². The van der Waals surface area contributed by atoms with Crippen LogP contribution < -0.4 is 14.9 Å². The van der Waals surface area contributed by atoms with Gasteiger partial charge in [-0.25, -0.2) is 10.2 Å². The minimum absolute atomic E-state index is 0.190. The number of H-pyrrole nitrogens is 1. The van der Waals surface area contributed by atoms with E-state index in [2.05, 4.69) is 31.4 Å². The average Bonchev–Trinajstić information content (AvgIpc) is 3.34. The van der Waals surface area contributed by atoms with Gasteiger partial charge < -0.3 is 14.5 Å². The summed E-state index contributed by atoms with van der Waals surface area (Å²) in [6.45, 7) is 0. The number of fused-ring (bicyclic) bond motifs is 1. The molecule has 41 heavy (non-hydrogen) atoms. The molecular formula is C30H19BrCl3N3O4. The first-order valence-corrected chi connectivity index (χ1v) is 13.9. The van der Waals surface area contributed by atoms with Gasteiger partial charge >= 0.3 is 5.97 Å². The second-order valence-corrected chi connectivity index (χ2v) is 10.8. The summed E-state index contributed by atoms with van der Waals surface area (Å²) in [7, 11) is 1.54. The summed E-state index contributed by atoms with van der Waals surface area (Å²) in [5.74, 6) is -0.249. The van der Waals surface area contributed by atoms with Crippen LogP contribution in [0.15, 0.2) is 88.4 Å². The summed E-state index contributed by atoms with van der Waals surface area (Å²) in [5, 5.41) is 5.93. The van der Waals surface area contributed by atoms with Crippen LogP contribution in [0.4, 0.5) is 0 Å². The molecule has 5 rings (SSSR count). The molecule has 4 aromatic carbocycles. The number of carbonyl (C=O) groups is 2. The number of methoxy groups -OCH3 is 1. The zero-order valence-electron chi connectivity index (χ0n) is 21.2. The predicted octanol–water partition coefficient (Wildman–Crippen LogP) is 8.55. The van der Waals surface area contributed by atoms with Gasteiger partial charge in [-0.1, -0.05) is 68.9 Å². The number of ether oxygens (including phenoxy) is 2. The van der Waals surface area contributed by atoms with Crippen LogP contribution in [-0.2, 0) is 0 Å². The minimum Gasteiger partial charge on any atom is -0.497 e. The van der Waals surface area contributed by atoms with Crippen molar-refractivity contribution >= 4 is 79.7 Å². The molecular weight excluding hydrogens is 653 g/mol. The van der Waals surface area contributed by atoms with Crippen molar-refractivity contribution in [2.45, 2.75) is 0 Å². The van der Waals surface area contributed by atoms with Gasteiger partial charge in [-0.15, -0.1) is 0 Å². The van der Waals surface area contributed by atoms with Crippen LogP contribution in [0.3, 0.4) is 0 Å². The maximum absolute atomic E-state index is 13.4. The van der Waals surface area contributed by atoms with Gasteiger partial charge in [0.2, 0.25) is 0 Å². The van der Waals surface area contributed by atoms with Crippen LogP contribution in [0.2, 0.25) is 15.1 Å². The van der Waals surface area contributed by atoms with Crippen LogP contribution in [0.1, 0.15) is 26.4 Å². The second kappa shape index (κ2) is 12.4. The Kier molecular flexibility index (Phi) is 8.65. The number of carbonyl (C=O) groups excluding carboxylic acids is 2. The first-order chi connectivity index (χ1) is 19.7. The van der Waals surface area contributed by atoms with Gasteiger partial charge in [-0.2, -0.15) is 5.10 Å². The van der Waals surface area contributed by atoms with Crippen LogP contribution in [0.5, 0.6) is 11.5 Å². The first-order valence-electron chi connectivity index (χ1n) is 12.0. The molecule has 0 unspecified atom stereocenters. The fourth-order valence-corrected chi connectivity index (χ4v) is 5.36. The van der Waals surface area contributed by atoms with Crippen molar-refractivity contribution in [1.29, 1.82) is 0 Å². The number of hydrogen-bond acceptors (Lipinski definition) is 5. The number of hydrazone groups is 1. The summed E-state index contributed by atoms with van der Waals surface area (Å²) in [6, 6.07) is 22.0. The molecule has 11 heteroatoms. The Hall–Kier alpha value is -3.82. The van der Waals surface area contributed by atoms with Gasteiger partial charge in [0.1, 0.15) is 17.2 Å². The van der Waals surface area contributed by atoms with E-state index in [1.165, 1.54) is 6.21 Å². The van der Waals surface area contributed by atoms with Gasteiger partial charge in [-0.05, 0) is 60.7 Å². The molecule has 0 fully saturated rings. The van der Waals surface area contributed by atoms with Gasteiger partial charge in [0, 0.05) is 42.1 Å². The average molecular weight is 672 g/mol. The van der Waals surface area contributed by atoms with Crippen molar-refractivity contribution in [3.05, 3.63) is 115 Å². The Bertz CT molecular complexity index is 1820. The standard InChI is InChI=1S/C30H19BrCl3N3O4/c1-40-20-9-6-16(7-10-20)30(39)41-25-11-8-18(31)12-17(25)15-35-37-29(38)28-26(21-4-2-3-5-22(21)33)27-23(34)13-19(32)14-24(27)36-28/h2-15,36H,1H3,(H,37,38). The molecule has 0 spiro atoms. The maximum Gasteiger partial charge on any atom is 0.343 e. The molecule has 206 valence electrons. The highest BCUT2D eigenvalue weighted by Crippen LogP contribution is 2.41. The third kappa shape index (κ3) is 6.26. The van der Waals surface area contributed by atoms with E-state index in [-0.39, 0.29) is 11.4 Å². The van der Waals surface area contributed by atoms with E-state index in [4.69, 9.17) is 44.3 Å². The van der Waals surface area contributed by atoms with Gasteiger partial charge in [0.25, 0.3) is 5.91 Å². The summed E-state index contributed by atoms with van der Waals surface area (Å²) in [5.41, 5.74) is 5.18. The molecule has 0 atom stereocenters. The molecule has 0 aliphatic carbocycles. The van der Waals surface area contributed by atoms with Crippen molar-refractivity contribution in [2.75, 3.05) is 7.11 Å². The predicted molar refractivity (Wildman–Crippen MR) is 166 cm³/mol. The summed E-state index contributed by atoms with van der Waals surface area (Å²) in [6.07, 6.45) is 1.38. The number of amides is 1. The Morgan fingerprint density at radius 2 is 1.71 bits per heavy atom. The molecule has 0 saturated heterocycles. The third-order valence-corrected chi connectivity index (χ3v) is 7.39. The number of esters is 1. The number of aromatic amines is 1. The van der Waals surface area contributed by atoms with Gasteiger partial charge in [-0.3, -0.25) is 4.79 Å². The van der Waals surface area contributed by atoms with Gasteiger partial charge in [0.05, 0.1) is 23.9 Å². The normalized spacial score (nSPS) is 11.1. The highest BCUT2D eigenvalue weighted by Gasteiger charge is 2.23. The Labute approximate surface area is 258 Å². The molecule has 2 N–H and O–H groups in total. The number of aromatic nitrogens is 1. The summed E-state index contributed by atoms with van der Waals surface area (Å²) >= 11 is 22.7. The number of rotatable bonds is 7. The molecule has 1 heterocycles. The smallest absolute Gasteiger partial charge is 0.343 e. The number of halogens is 4. The molecule has 0 aliphatic heterocycles. The molecule has 5 aromatic rings. The van der Waals surface area contributed by atoms with Crippen LogP contribution in [0.25, 0.3) is 22.0 Å². The number of benzene rings is 4. The van der Waals surface area contributed by atoms with E-state index < -0.39 is 11.9 Å². The van der Waals surface area contributed by atoms with Crippen molar-refractivity contribution in [2.24, 2.45) is 5.10 Å². The zero-order valence-corrected chi connectivity index (χ0v) is 25.0. The summed E-state index contributed by atoms with van der Waals surface area (Å²) in [4.78, 5) is 29.2. The van der Waals surface area contributed by atoms with Crippen molar-refractivity contribution in [3.8, 4) is 22.6 Å². The number of hydrogen-bond donors (Lipinski definition) is 2. The molecule has 7 nitrogen and oxygen atoms in total. The second-order valence-electron chi connectivity index (χ2n) is 8.66. The molecule has 1 amide bonds. The quantitative estimate of drug-likeness (QED) is 0.0785. The monoisotopic (exact) mass is 669 g/mol. The van der Waals surface area contributed by atoms with Crippen molar-refractivity contribution < 1.29 is 19.1 Å². The van der Waals surface area contributed by atoms with E-state index >= 15 is 0 Å². The van der Waals surface area contributed by atoms with E-state index in [9.17, 15) is 9.59 Å². The SMILES string of the molecule is COc1ccc(C(=O)Oc2ccc(Br)cc2C=NNC(=O)c2[nH]c3cc(Cl)cc(Cl)c3c2-c2ccccc2Cl)cc1. The topological polar surface area (TPSA) is 92.8 Å². The highest BCUT2D eigenvalue weighted by atomic mass is 79.9.